The molecule has 0 saturated carbocycles. The number of amides is 2. The van der Waals surface area contributed by atoms with E-state index in [0.717, 1.165) is 0 Å². The number of alkyl halides is 2. The average molecular weight is 319 g/mol. The highest BCUT2D eigenvalue weighted by Crippen LogP contribution is 2.37. The van der Waals surface area contributed by atoms with Crippen LogP contribution in [-0.4, -0.2) is 18.9 Å². The first kappa shape index (κ1) is 14.8. The van der Waals surface area contributed by atoms with Gasteiger partial charge in [0.05, 0.1) is 6.21 Å². The van der Waals surface area contributed by atoms with Crippen LogP contribution in [0.25, 0.3) is 21.9 Å². The van der Waals surface area contributed by atoms with E-state index in [0.29, 0.717) is 21.9 Å². The van der Waals surface area contributed by atoms with E-state index in [4.69, 9.17) is 10.2 Å². The molecule has 0 aliphatic heterocycles. The molecule has 23 heavy (non-hydrogen) atoms. The number of urea groups is 1. The number of nitrogens with zero attached hydrogens (tertiary/aromatic N) is 1. The second-order valence-electron chi connectivity index (χ2n) is 4.57. The van der Waals surface area contributed by atoms with Crippen molar-refractivity contribution in [2.24, 2.45) is 10.8 Å². The Hall–Kier alpha value is -3.16. The lowest BCUT2D eigenvalue weighted by Gasteiger charge is -2.06. The Kier molecular flexibility index (Phi) is 3.80. The average Bonchev–Trinajstić information content (AvgIpc) is 2.88. The maximum atomic E-state index is 12.5. The van der Waals surface area contributed by atoms with Crippen LogP contribution in [0.4, 0.5) is 13.6 Å². The minimum Gasteiger partial charge on any atom is -0.452 e. The number of ether oxygens (including phenoxy) is 1. The number of para-hydroxylation sites is 1. The van der Waals surface area contributed by atoms with Gasteiger partial charge in [-0.05, 0) is 18.2 Å². The number of nitrogens with two attached hydrogens (primary N) is 1. The van der Waals surface area contributed by atoms with Crippen LogP contribution in [0.2, 0.25) is 0 Å². The lowest BCUT2D eigenvalue weighted by atomic mass is 10.1. The molecule has 0 aliphatic carbocycles. The van der Waals surface area contributed by atoms with E-state index in [9.17, 15) is 13.6 Å². The number of benzene rings is 2. The molecule has 0 unspecified atom stereocenters. The number of carbonyl (C=O) groups is 1. The molecule has 1 heterocycles. The Morgan fingerprint density at radius 2 is 2.09 bits per heavy atom. The highest BCUT2D eigenvalue weighted by atomic mass is 19.3. The number of fused-ring (bicyclic) bond motifs is 3. The number of halogens is 2. The Balaban J connectivity index is 2.21. The second-order valence-corrected chi connectivity index (χ2v) is 4.57. The zero-order chi connectivity index (χ0) is 16.4. The van der Waals surface area contributed by atoms with Crippen LogP contribution in [0.15, 0.2) is 45.9 Å². The molecule has 1 aromatic heterocycles. The van der Waals surface area contributed by atoms with Gasteiger partial charge in [-0.1, -0.05) is 18.2 Å². The summed E-state index contributed by atoms with van der Waals surface area (Å²) in [6.07, 6.45) is 1.35. The number of hydrazone groups is 1. The predicted molar refractivity (Wildman–Crippen MR) is 80.7 cm³/mol. The van der Waals surface area contributed by atoms with Crippen LogP contribution >= 0.6 is 0 Å². The number of rotatable bonds is 4. The number of carbonyl (C=O) groups excluding carboxylic acids is 1. The van der Waals surface area contributed by atoms with E-state index >= 15 is 0 Å². The van der Waals surface area contributed by atoms with Crippen LogP contribution in [-0.2, 0) is 0 Å². The Morgan fingerprint density at radius 3 is 2.83 bits per heavy atom. The van der Waals surface area contributed by atoms with Crippen molar-refractivity contribution >= 4 is 34.2 Å². The van der Waals surface area contributed by atoms with E-state index in [1.165, 1.54) is 18.3 Å². The van der Waals surface area contributed by atoms with Gasteiger partial charge in [-0.25, -0.2) is 10.2 Å². The lowest BCUT2D eigenvalue weighted by Crippen LogP contribution is -2.24. The van der Waals surface area contributed by atoms with Crippen LogP contribution in [0, 0.1) is 0 Å². The van der Waals surface area contributed by atoms with E-state index in [2.05, 4.69) is 15.3 Å². The summed E-state index contributed by atoms with van der Waals surface area (Å²) >= 11 is 0. The first-order valence-electron chi connectivity index (χ1n) is 6.54. The van der Waals surface area contributed by atoms with Gasteiger partial charge >= 0.3 is 12.6 Å². The molecule has 6 nitrogen and oxygen atoms in total. The maximum Gasteiger partial charge on any atom is 0.387 e. The third-order valence-electron chi connectivity index (χ3n) is 3.12. The predicted octanol–water partition coefficient (Wildman–Crippen LogP) is 3.19. The lowest BCUT2D eigenvalue weighted by molar-refractivity contribution is -0.0493. The fraction of sp³-hybridized carbons (Fsp3) is 0.0667. The minimum absolute atomic E-state index is 0.0776. The van der Waals surface area contributed by atoms with Gasteiger partial charge in [-0.15, -0.1) is 0 Å². The maximum absolute atomic E-state index is 12.5. The van der Waals surface area contributed by atoms with Crippen molar-refractivity contribution in [3.63, 3.8) is 0 Å². The van der Waals surface area contributed by atoms with Gasteiger partial charge < -0.3 is 14.9 Å². The van der Waals surface area contributed by atoms with Gasteiger partial charge in [0.1, 0.15) is 5.58 Å². The third kappa shape index (κ3) is 2.91. The summed E-state index contributed by atoms with van der Waals surface area (Å²) < 4.78 is 35.2. The van der Waals surface area contributed by atoms with Gasteiger partial charge in [0, 0.05) is 16.3 Å². The number of furan rings is 1. The van der Waals surface area contributed by atoms with E-state index in [-0.39, 0.29) is 11.3 Å². The van der Waals surface area contributed by atoms with Crippen molar-refractivity contribution in [2.75, 3.05) is 0 Å². The molecule has 2 aromatic carbocycles. The number of primary amides is 1. The topological polar surface area (TPSA) is 89.9 Å². The highest BCUT2D eigenvalue weighted by Gasteiger charge is 2.17. The Bertz CT molecular complexity index is 906. The SMILES string of the molecule is NC(=O)NN=Cc1ccc(OC(F)F)c2oc3ccccc3c12. The number of hydrogen-bond donors (Lipinski definition) is 2. The van der Waals surface area contributed by atoms with E-state index in [1.54, 1.807) is 24.3 Å². The smallest absolute Gasteiger partial charge is 0.387 e. The molecule has 0 aliphatic rings. The van der Waals surface area contributed by atoms with Crippen molar-refractivity contribution in [1.29, 1.82) is 0 Å². The molecule has 0 bridgehead atoms. The van der Waals surface area contributed by atoms with Crippen molar-refractivity contribution in [1.82, 2.24) is 5.43 Å². The van der Waals surface area contributed by atoms with E-state index in [1.807, 2.05) is 0 Å². The van der Waals surface area contributed by atoms with Crippen LogP contribution < -0.4 is 15.9 Å². The molecule has 118 valence electrons. The molecular formula is C15H11F2N3O3. The van der Waals surface area contributed by atoms with Gasteiger partial charge in [-0.3, -0.25) is 0 Å². The summed E-state index contributed by atoms with van der Waals surface area (Å²) in [7, 11) is 0. The fourth-order valence-electron chi connectivity index (χ4n) is 2.29. The number of nitrogens with one attached hydrogen (secondary N) is 1. The normalized spacial score (nSPS) is 11.6. The van der Waals surface area contributed by atoms with Crippen molar-refractivity contribution in [3.05, 3.63) is 42.0 Å². The molecule has 0 radical (unpaired) electrons. The Labute approximate surface area is 128 Å². The van der Waals surface area contributed by atoms with Crippen LogP contribution in [0.3, 0.4) is 0 Å². The number of hydrogen-bond acceptors (Lipinski definition) is 4. The summed E-state index contributed by atoms with van der Waals surface area (Å²) in [4.78, 5) is 10.7. The molecule has 3 aromatic rings. The quantitative estimate of drug-likeness (QED) is 0.571. The zero-order valence-electron chi connectivity index (χ0n) is 11.6. The summed E-state index contributed by atoms with van der Waals surface area (Å²) in [5, 5.41) is 4.95. The molecule has 0 saturated heterocycles. The van der Waals surface area contributed by atoms with Crippen LogP contribution in [0.5, 0.6) is 5.75 Å². The van der Waals surface area contributed by atoms with Crippen molar-refractivity contribution < 1.29 is 22.7 Å². The van der Waals surface area contributed by atoms with Crippen LogP contribution in [0.1, 0.15) is 5.56 Å². The van der Waals surface area contributed by atoms with Gasteiger partial charge in [-0.2, -0.15) is 13.9 Å². The molecular weight excluding hydrogens is 308 g/mol. The molecule has 3 rings (SSSR count). The van der Waals surface area contributed by atoms with Crippen molar-refractivity contribution in [2.45, 2.75) is 6.61 Å². The summed E-state index contributed by atoms with van der Waals surface area (Å²) in [6, 6.07) is 9.13. The third-order valence-corrected chi connectivity index (χ3v) is 3.12. The summed E-state index contributed by atoms with van der Waals surface area (Å²) in [6.45, 7) is -2.97. The molecule has 8 heteroatoms. The van der Waals surface area contributed by atoms with Gasteiger partial charge in [0.15, 0.2) is 11.3 Å². The summed E-state index contributed by atoms with van der Waals surface area (Å²) in [5.74, 6) is -0.0776. The monoisotopic (exact) mass is 319 g/mol. The van der Waals surface area contributed by atoms with Gasteiger partial charge in [0.25, 0.3) is 0 Å². The highest BCUT2D eigenvalue weighted by molar-refractivity contribution is 6.14. The van der Waals surface area contributed by atoms with E-state index < -0.39 is 12.6 Å². The fourth-order valence-corrected chi connectivity index (χ4v) is 2.29. The molecule has 3 N–H and O–H groups in total. The largest absolute Gasteiger partial charge is 0.452 e. The standard InChI is InChI=1S/C15H11F2N3O3/c16-14(17)23-11-6-5-8(7-19-20-15(18)21)12-9-3-1-2-4-10(9)22-13(11)12/h1-7,14H,(H3,18,20,21). The van der Waals surface area contributed by atoms with Gasteiger partial charge in [0.2, 0.25) is 0 Å². The minimum atomic E-state index is -2.97. The Morgan fingerprint density at radius 1 is 1.30 bits per heavy atom. The molecule has 0 spiro atoms. The second kappa shape index (κ2) is 5.91. The molecule has 0 fully saturated rings. The molecule has 2 amide bonds. The summed E-state index contributed by atoms with van der Waals surface area (Å²) in [5.41, 5.74) is 8.26. The first-order valence-corrected chi connectivity index (χ1v) is 6.54. The zero-order valence-corrected chi connectivity index (χ0v) is 11.6. The first-order chi connectivity index (χ1) is 11.1. The molecule has 0 atom stereocenters. The van der Waals surface area contributed by atoms with Crippen molar-refractivity contribution in [3.8, 4) is 5.75 Å².